The van der Waals surface area contributed by atoms with Crippen molar-refractivity contribution in [1.29, 1.82) is 5.41 Å². The molecule has 0 saturated heterocycles. The fourth-order valence-corrected chi connectivity index (χ4v) is 4.26. The molecule has 0 aliphatic carbocycles. The molecule has 7 nitrogen and oxygen atoms in total. The van der Waals surface area contributed by atoms with Crippen LogP contribution in [0.1, 0.15) is 41.0 Å². The van der Waals surface area contributed by atoms with Gasteiger partial charge in [0.2, 0.25) is 0 Å². The molecular formula is C26H26ClN5O2. The number of aromatic nitrogens is 2. The van der Waals surface area contributed by atoms with Crippen LogP contribution in [-0.2, 0) is 0 Å². The van der Waals surface area contributed by atoms with Gasteiger partial charge < -0.3 is 20.5 Å². The van der Waals surface area contributed by atoms with Crippen molar-refractivity contribution in [2.75, 3.05) is 17.7 Å². The number of halogens is 1. The Labute approximate surface area is 202 Å². The minimum Gasteiger partial charge on any atom is -0.455 e. The second-order valence-corrected chi connectivity index (χ2v) is 8.69. The highest BCUT2D eigenvalue weighted by atomic mass is 35.5. The summed E-state index contributed by atoms with van der Waals surface area (Å²) in [4.78, 5) is 22.1. The van der Waals surface area contributed by atoms with Crippen molar-refractivity contribution in [1.82, 2.24) is 9.97 Å². The lowest BCUT2D eigenvalue weighted by atomic mass is 9.99. The third kappa shape index (κ3) is 4.26. The number of hydrogen-bond donors (Lipinski definition) is 3. The van der Waals surface area contributed by atoms with Gasteiger partial charge in [-0.05, 0) is 57.5 Å². The lowest BCUT2D eigenvalue weighted by molar-refractivity contribution is 0.605. The number of hydrogen-bond acceptors (Lipinski definition) is 7. The summed E-state index contributed by atoms with van der Waals surface area (Å²) in [6.07, 6.45) is 2.80. The summed E-state index contributed by atoms with van der Waals surface area (Å²) < 4.78 is 6.43. The van der Waals surface area contributed by atoms with E-state index in [2.05, 4.69) is 20.6 Å². The van der Waals surface area contributed by atoms with Crippen LogP contribution in [0.25, 0.3) is 22.3 Å². The number of anilines is 2. The van der Waals surface area contributed by atoms with Crippen LogP contribution in [0.5, 0.6) is 0 Å². The average molecular weight is 476 g/mol. The minimum absolute atomic E-state index is 0.0834. The molecule has 0 radical (unpaired) electrons. The van der Waals surface area contributed by atoms with Gasteiger partial charge in [-0.3, -0.25) is 9.78 Å². The Kier molecular flexibility index (Phi) is 6.39. The van der Waals surface area contributed by atoms with E-state index in [0.717, 1.165) is 22.5 Å². The molecule has 0 unspecified atom stereocenters. The number of aryl methyl sites for hydroxylation is 2. The van der Waals surface area contributed by atoms with Gasteiger partial charge in [-0.2, -0.15) is 0 Å². The zero-order valence-corrected chi connectivity index (χ0v) is 20.5. The van der Waals surface area contributed by atoms with Crippen LogP contribution in [0.2, 0.25) is 5.15 Å². The number of rotatable bonds is 6. The predicted octanol–water partition coefficient (Wildman–Crippen LogP) is 6.04. The smallest absolute Gasteiger partial charge is 0.196 e. The maximum Gasteiger partial charge on any atom is 0.196 e. The molecule has 1 aromatic carbocycles. The van der Waals surface area contributed by atoms with E-state index in [-0.39, 0.29) is 11.5 Å². The third-order valence-corrected chi connectivity index (χ3v) is 6.08. The van der Waals surface area contributed by atoms with Gasteiger partial charge in [0, 0.05) is 36.1 Å². The van der Waals surface area contributed by atoms with Gasteiger partial charge in [-0.1, -0.05) is 17.7 Å². The number of nitrogens with one attached hydrogen (secondary N) is 3. The van der Waals surface area contributed by atoms with Crippen molar-refractivity contribution in [3.05, 3.63) is 80.0 Å². The molecule has 0 aliphatic rings. The van der Waals surface area contributed by atoms with Gasteiger partial charge in [0.1, 0.15) is 22.2 Å². The van der Waals surface area contributed by atoms with E-state index >= 15 is 0 Å². The van der Waals surface area contributed by atoms with E-state index in [0.29, 0.717) is 44.4 Å². The van der Waals surface area contributed by atoms with Crippen molar-refractivity contribution in [3.63, 3.8) is 0 Å². The van der Waals surface area contributed by atoms with E-state index in [1.54, 1.807) is 26.2 Å². The van der Waals surface area contributed by atoms with Gasteiger partial charge in [-0.15, -0.1) is 0 Å². The number of pyridine rings is 2. The Morgan fingerprint density at radius 3 is 2.59 bits per heavy atom. The molecule has 3 aromatic heterocycles. The second-order valence-electron chi connectivity index (χ2n) is 8.30. The Bertz CT molecular complexity index is 1480. The molecule has 3 N–H and O–H groups in total. The fraction of sp³-hybridized carbons (Fsp3) is 0.231. The molecule has 4 rings (SSSR count). The van der Waals surface area contributed by atoms with Crippen LogP contribution in [0.15, 0.2) is 45.7 Å². The normalized spacial score (nSPS) is 11.9. The van der Waals surface area contributed by atoms with Gasteiger partial charge in [0.05, 0.1) is 28.5 Å². The first-order valence-corrected chi connectivity index (χ1v) is 11.3. The van der Waals surface area contributed by atoms with E-state index < -0.39 is 0 Å². The van der Waals surface area contributed by atoms with E-state index in [1.807, 2.05) is 45.0 Å². The Morgan fingerprint density at radius 2 is 1.91 bits per heavy atom. The first kappa shape index (κ1) is 23.4. The summed E-state index contributed by atoms with van der Waals surface area (Å²) in [6.45, 7) is 7.63. The minimum atomic E-state index is -0.172. The highest BCUT2D eigenvalue weighted by Crippen LogP contribution is 2.33. The van der Waals surface area contributed by atoms with Crippen LogP contribution in [0.3, 0.4) is 0 Å². The summed E-state index contributed by atoms with van der Waals surface area (Å²) in [5.74, 6) is 0.458. The summed E-state index contributed by atoms with van der Waals surface area (Å²) in [5.41, 5.74) is 6.27. The Balaban J connectivity index is 1.89. The third-order valence-electron chi connectivity index (χ3n) is 5.87. The molecule has 34 heavy (non-hydrogen) atoms. The number of fused-ring (bicyclic) bond motifs is 1. The molecule has 3 heterocycles. The van der Waals surface area contributed by atoms with Crippen LogP contribution >= 0.6 is 11.6 Å². The molecule has 4 aromatic rings. The zero-order chi connectivity index (χ0) is 24.6. The molecule has 1 atom stereocenters. The first-order chi connectivity index (χ1) is 16.2. The zero-order valence-electron chi connectivity index (χ0n) is 19.7. The average Bonchev–Trinajstić information content (AvgIpc) is 2.82. The molecule has 0 saturated carbocycles. The summed E-state index contributed by atoms with van der Waals surface area (Å²) >= 11 is 6.01. The molecule has 8 heteroatoms. The quantitative estimate of drug-likeness (QED) is 0.232. The predicted molar refractivity (Wildman–Crippen MR) is 139 cm³/mol. The molecule has 0 bridgehead atoms. The molecule has 0 aliphatic heterocycles. The highest BCUT2D eigenvalue weighted by Gasteiger charge is 2.20. The number of nitrogens with zero attached hydrogens (tertiary/aromatic N) is 2. The molecular weight excluding hydrogens is 450 g/mol. The highest BCUT2D eigenvalue weighted by molar-refractivity contribution is 6.29. The van der Waals surface area contributed by atoms with Gasteiger partial charge in [0.15, 0.2) is 5.43 Å². The van der Waals surface area contributed by atoms with Crippen molar-refractivity contribution < 1.29 is 4.42 Å². The van der Waals surface area contributed by atoms with Crippen molar-refractivity contribution >= 4 is 40.2 Å². The monoisotopic (exact) mass is 475 g/mol. The Hall–Kier alpha value is -3.71. The fourth-order valence-electron chi connectivity index (χ4n) is 4.07. The summed E-state index contributed by atoms with van der Waals surface area (Å²) in [6, 6.07) is 9.18. The molecule has 0 fully saturated rings. The van der Waals surface area contributed by atoms with Crippen LogP contribution in [0, 0.1) is 26.2 Å². The van der Waals surface area contributed by atoms with E-state index in [9.17, 15) is 4.79 Å². The maximum atomic E-state index is 13.4. The lowest BCUT2D eigenvalue weighted by Gasteiger charge is -2.20. The van der Waals surface area contributed by atoms with Crippen molar-refractivity contribution in [2.24, 2.45) is 0 Å². The molecule has 0 spiro atoms. The lowest BCUT2D eigenvalue weighted by Crippen LogP contribution is -2.13. The van der Waals surface area contributed by atoms with Gasteiger partial charge in [0.25, 0.3) is 0 Å². The first-order valence-electron chi connectivity index (χ1n) is 10.9. The molecule has 0 amide bonds. The largest absolute Gasteiger partial charge is 0.455 e. The topological polar surface area (TPSA) is 104 Å². The van der Waals surface area contributed by atoms with E-state index in [1.165, 1.54) is 6.21 Å². The number of benzene rings is 1. The van der Waals surface area contributed by atoms with Gasteiger partial charge >= 0.3 is 0 Å². The second kappa shape index (κ2) is 9.27. The van der Waals surface area contributed by atoms with Gasteiger partial charge in [-0.25, -0.2) is 4.98 Å². The standard InChI is InChI=1S/C26H26ClN5O2/c1-13-8-18(15(3)31-20-6-7-23(27)32-16(20)4)26-19(9-13)24(33)14(2)25(34-26)17-10-21(29-5)22(11-28)30-12-17/h6-12,15,28-29,31H,1-5H3/t15-/m1/s1. The summed E-state index contributed by atoms with van der Waals surface area (Å²) in [7, 11) is 1.76. The maximum absolute atomic E-state index is 13.4. The van der Waals surface area contributed by atoms with Crippen molar-refractivity contribution in [3.8, 4) is 11.3 Å². The van der Waals surface area contributed by atoms with Crippen molar-refractivity contribution in [2.45, 2.75) is 33.7 Å². The van der Waals surface area contributed by atoms with Crippen LogP contribution < -0.4 is 16.1 Å². The SMILES string of the molecule is CNc1cc(-c2oc3c([C@@H](C)Nc4ccc(Cl)nc4C)cc(C)cc3c(=O)c2C)cnc1C=N. The van der Waals surface area contributed by atoms with E-state index in [4.69, 9.17) is 21.4 Å². The summed E-state index contributed by atoms with van der Waals surface area (Å²) in [5, 5.41) is 15.0. The van der Waals surface area contributed by atoms with Crippen LogP contribution in [0.4, 0.5) is 11.4 Å². The molecule has 174 valence electrons. The van der Waals surface area contributed by atoms with Crippen LogP contribution in [-0.4, -0.2) is 23.2 Å². The Morgan fingerprint density at radius 1 is 1.15 bits per heavy atom.